The highest BCUT2D eigenvalue weighted by Crippen LogP contribution is 2.27. The zero-order valence-corrected chi connectivity index (χ0v) is 10.9. The molecule has 1 saturated heterocycles. The fourth-order valence-electron chi connectivity index (χ4n) is 1.93. The van der Waals surface area contributed by atoms with Gasteiger partial charge < -0.3 is 9.47 Å². The molecule has 0 saturated carbocycles. The third-order valence-electron chi connectivity index (χ3n) is 2.58. The van der Waals surface area contributed by atoms with Gasteiger partial charge in [0.25, 0.3) is 0 Å². The molecular formula is C12H20N2O3. The van der Waals surface area contributed by atoms with Crippen molar-refractivity contribution >= 4 is 6.09 Å². The number of carbonyl (C=O) groups excluding carboxylic acids is 1. The molecule has 1 rings (SSSR count). The zero-order chi connectivity index (χ0) is 13.1. The van der Waals surface area contributed by atoms with Crippen LogP contribution in [-0.4, -0.2) is 42.5 Å². The van der Waals surface area contributed by atoms with E-state index in [0.717, 1.165) is 6.42 Å². The number of rotatable bonds is 2. The minimum absolute atomic E-state index is 0.0473. The van der Waals surface area contributed by atoms with Crippen molar-refractivity contribution in [3.05, 3.63) is 11.4 Å². The average molecular weight is 240 g/mol. The molecule has 0 N–H and O–H groups in total. The molecule has 0 bridgehead atoms. The Labute approximate surface area is 102 Å². The Hall–Kier alpha value is -1.28. The molecule has 2 atom stereocenters. The van der Waals surface area contributed by atoms with Crippen LogP contribution < -0.4 is 0 Å². The molecule has 5 heteroatoms. The molecule has 1 amide bonds. The van der Waals surface area contributed by atoms with Gasteiger partial charge in [-0.05, 0) is 27.2 Å². The molecule has 17 heavy (non-hydrogen) atoms. The van der Waals surface area contributed by atoms with Gasteiger partial charge in [0.1, 0.15) is 5.60 Å². The van der Waals surface area contributed by atoms with Crippen molar-refractivity contribution in [3.63, 3.8) is 0 Å². The van der Waals surface area contributed by atoms with E-state index in [1.54, 1.807) is 7.11 Å². The van der Waals surface area contributed by atoms with Crippen LogP contribution in [0.15, 0.2) is 0 Å². The molecule has 0 aliphatic carbocycles. The van der Waals surface area contributed by atoms with Gasteiger partial charge in [-0.2, -0.15) is 0 Å². The maximum Gasteiger partial charge on any atom is 0.416 e. The van der Waals surface area contributed by atoms with Crippen molar-refractivity contribution in [2.75, 3.05) is 13.7 Å². The fraction of sp³-hybridized carbons (Fsp3) is 0.833. The normalized spacial score (nSPS) is 24.5. The zero-order valence-electron chi connectivity index (χ0n) is 10.9. The van der Waals surface area contributed by atoms with Crippen LogP contribution in [0.4, 0.5) is 4.79 Å². The van der Waals surface area contributed by atoms with E-state index >= 15 is 0 Å². The second kappa shape index (κ2) is 5.37. The van der Waals surface area contributed by atoms with Gasteiger partial charge in [-0.3, -0.25) is 4.85 Å². The lowest BCUT2D eigenvalue weighted by Crippen LogP contribution is -2.44. The number of nitrogens with zero attached hydrogens (tertiary/aromatic N) is 2. The molecule has 0 spiro atoms. The van der Waals surface area contributed by atoms with Gasteiger partial charge in [0.15, 0.2) is 0 Å². The van der Waals surface area contributed by atoms with Crippen LogP contribution in [0.25, 0.3) is 4.85 Å². The Morgan fingerprint density at radius 1 is 1.47 bits per heavy atom. The molecule has 0 aromatic rings. The Morgan fingerprint density at radius 2 is 2.12 bits per heavy atom. The molecule has 1 aliphatic rings. The number of likely N-dealkylation sites (tertiary alicyclic amines) is 1. The fourth-order valence-corrected chi connectivity index (χ4v) is 1.93. The van der Waals surface area contributed by atoms with Crippen molar-refractivity contribution in [1.29, 1.82) is 0 Å². The predicted molar refractivity (Wildman–Crippen MR) is 63.4 cm³/mol. The van der Waals surface area contributed by atoms with E-state index in [9.17, 15) is 4.79 Å². The summed E-state index contributed by atoms with van der Waals surface area (Å²) in [5, 5.41) is 0. The molecule has 1 aliphatic heterocycles. The van der Waals surface area contributed by atoms with Crippen molar-refractivity contribution in [3.8, 4) is 0 Å². The van der Waals surface area contributed by atoms with Crippen LogP contribution in [-0.2, 0) is 9.47 Å². The smallest absolute Gasteiger partial charge is 0.416 e. The van der Waals surface area contributed by atoms with Gasteiger partial charge >= 0.3 is 12.3 Å². The number of carbonyl (C=O) groups is 1. The summed E-state index contributed by atoms with van der Waals surface area (Å²) in [6, 6.07) is -0.0473. The van der Waals surface area contributed by atoms with Gasteiger partial charge in [-0.25, -0.2) is 16.3 Å². The first-order chi connectivity index (χ1) is 7.89. The first kappa shape index (κ1) is 13.8. The molecular weight excluding hydrogens is 220 g/mol. The SMILES string of the molecule is [C-]#[N+]C1CC[C@@H](COC)N1C(=O)OC(C)(C)C. The van der Waals surface area contributed by atoms with Gasteiger partial charge in [-0.1, -0.05) is 0 Å². The van der Waals surface area contributed by atoms with E-state index in [0.29, 0.717) is 13.0 Å². The van der Waals surface area contributed by atoms with Crippen LogP contribution in [0.5, 0.6) is 0 Å². The van der Waals surface area contributed by atoms with Crippen LogP contribution in [0.3, 0.4) is 0 Å². The highest BCUT2D eigenvalue weighted by molar-refractivity contribution is 5.69. The molecule has 5 nitrogen and oxygen atoms in total. The minimum atomic E-state index is -0.538. The topological polar surface area (TPSA) is 43.1 Å². The highest BCUT2D eigenvalue weighted by Gasteiger charge is 2.43. The molecule has 1 heterocycles. The quantitative estimate of drug-likeness (QED) is 0.695. The van der Waals surface area contributed by atoms with E-state index in [1.807, 2.05) is 20.8 Å². The molecule has 0 radical (unpaired) electrons. The van der Waals surface area contributed by atoms with Gasteiger partial charge in [0.2, 0.25) is 0 Å². The Kier molecular flexibility index (Phi) is 4.35. The standard InChI is InChI=1S/C12H20N2O3/c1-12(2,3)17-11(15)14-9(8-16-5)6-7-10(14)13-4/h9-10H,6-8H2,1-3,5H3/t9-,10?/m0/s1. The van der Waals surface area contributed by atoms with E-state index < -0.39 is 17.9 Å². The van der Waals surface area contributed by atoms with Crippen molar-refractivity contribution in [1.82, 2.24) is 4.90 Å². The lowest BCUT2D eigenvalue weighted by Gasteiger charge is -2.27. The van der Waals surface area contributed by atoms with Gasteiger partial charge in [0, 0.05) is 13.5 Å². The van der Waals surface area contributed by atoms with E-state index in [-0.39, 0.29) is 6.04 Å². The molecule has 1 fully saturated rings. The Bertz CT molecular complexity index is 317. The van der Waals surface area contributed by atoms with Gasteiger partial charge in [0.05, 0.1) is 12.6 Å². The van der Waals surface area contributed by atoms with E-state index in [4.69, 9.17) is 16.0 Å². The molecule has 0 aromatic carbocycles. The second-order valence-electron chi connectivity index (χ2n) is 5.18. The van der Waals surface area contributed by atoms with Gasteiger partial charge in [-0.15, -0.1) is 0 Å². The monoisotopic (exact) mass is 240 g/mol. The van der Waals surface area contributed by atoms with E-state index in [2.05, 4.69) is 4.85 Å². The number of ether oxygens (including phenoxy) is 2. The summed E-state index contributed by atoms with van der Waals surface area (Å²) in [5.41, 5.74) is -0.538. The Morgan fingerprint density at radius 3 is 2.59 bits per heavy atom. The molecule has 0 aromatic heterocycles. The summed E-state index contributed by atoms with van der Waals surface area (Å²) in [4.78, 5) is 17.0. The maximum absolute atomic E-state index is 12.0. The third kappa shape index (κ3) is 3.60. The Balaban J connectivity index is 2.75. The summed E-state index contributed by atoms with van der Waals surface area (Å²) in [7, 11) is 1.60. The summed E-state index contributed by atoms with van der Waals surface area (Å²) >= 11 is 0. The second-order valence-corrected chi connectivity index (χ2v) is 5.18. The number of hydrogen-bond acceptors (Lipinski definition) is 3. The van der Waals surface area contributed by atoms with Crippen LogP contribution >= 0.6 is 0 Å². The summed E-state index contributed by atoms with van der Waals surface area (Å²) in [5.74, 6) is 0. The largest absolute Gasteiger partial charge is 0.444 e. The van der Waals surface area contributed by atoms with E-state index in [1.165, 1.54) is 4.90 Å². The number of amides is 1. The van der Waals surface area contributed by atoms with Crippen molar-refractivity contribution in [2.45, 2.75) is 51.4 Å². The van der Waals surface area contributed by atoms with Crippen LogP contribution in [0.1, 0.15) is 33.6 Å². The van der Waals surface area contributed by atoms with Crippen LogP contribution in [0, 0.1) is 6.57 Å². The first-order valence-corrected chi connectivity index (χ1v) is 5.76. The highest BCUT2D eigenvalue weighted by atomic mass is 16.6. The minimum Gasteiger partial charge on any atom is -0.444 e. The number of hydrogen-bond donors (Lipinski definition) is 0. The first-order valence-electron chi connectivity index (χ1n) is 5.76. The lowest BCUT2D eigenvalue weighted by atomic mass is 10.2. The summed E-state index contributed by atoms with van der Waals surface area (Å²) in [6.07, 6.45) is 0.653. The average Bonchev–Trinajstić information content (AvgIpc) is 2.58. The van der Waals surface area contributed by atoms with Crippen LogP contribution in [0.2, 0.25) is 0 Å². The van der Waals surface area contributed by atoms with Crippen molar-refractivity contribution in [2.24, 2.45) is 0 Å². The summed E-state index contributed by atoms with van der Waals surface area (Å²) in [6.45, 7) is 13.0. The number of methoxy groups -OCH3 is 1. The molecule has 1 unspecified atom stereocenters. The maximum atomic E-state index is 12.0. The van der Waals surface area contributed by atoms with Crippen molar-refractivity contribution < 1.29 is 14.3 Å². The summed E-state index contributed by atoms with van der Waals surface area (Å²) < 4.78 is 10.4. The lowest BCUT2D eigenvalue weighted by molar-refractivity contribution is 0.00957. The predicted octanol–water partition coefficient (Wildman–Crippen LogP) is 2.28. The molecule has 96 valence electrons. The third-order valence-corrected chi connectivity index (χ3v) is 2.58.